The summed E-state index contributed by atoms with van der Waals surface area (Å²) in [5.74, 6) is 0.778. The van der Waals surface area contributed by atoms with E-state index in [9.17, 15) is 9.59 Å². The average Bonchev–Trinajstić information content (AvgIpc) is 3.50. The maximum atomic E-state index is 13.2. The summed E-state index contributed by atoms with van der Waals surface area (Å²) in [6.07, 6.45) is 4.74. The van der Waals surface area contributed by atoms with Gasteiger partial charge in [-0.1, -0.05) is 44.0 Å². The standard InChI is InChI=1S/C25H28N2O5S/c1-4-11-30-21-10-9-19(16-22(21)31-12-5-2)26-24(28)20-15-18(23-8-7-14-33-23)17-27(20)25(29)32-13-6-3/h4-10,14,16,18,20H,1-3,11-13,15,17H2,(H,26,28). The molecule has 1 aliphatic heterocycles. The van der Waals surface area contributed by atoms with Crippen LogP contribution in [0, 0.1) is 0 Å². The Morgan fingerprint density at radius 3 is 2.45 bits per heavy atom. The van der Waals surface area contributed by atoms with E-state index in [0.717, 1.165) is 4.88 Å². The number of anilines is 1. The maximum Gasteiger partial charge on any atom is 0.410 e. The molecule has 2 atom stereocenters. The predicted octanol–water partition coefficient (Wildman–Crippen LogP) is 5.00. The van der Waals surface area contributed by atoms with Crippen molar-refractivity contribution in [3.05, 3.63) is 78.6 Å². The number of hydrogen-bond donors (Lipinski definition) is 1. The van der Waals surface area contributed by atoms with Crippen molar-refractivity contribution in [2.75, 3.05) is 31.7 Å². The monoisotopic (exact) mass is 468 g/mol. The Kier molecular flexibility index (Phi) is 8.71. The van der Waals surface area contributed by atoms with Gasteiger partial charge in [-0.25, -0.2) is 4.79 Å². The minimum Gasteiger partial charge on any atom is -0.486 e. The third-order valence-electron chi connectivity index (χ3n) is 5.03. The molecule has 0 bridgehead atoms. The van der Waals surface area contributed by atoms with Gasteiger partial charge in [0.1, 0.15) is 25.9 Å². The van der Waals surface area contributed by atoms with Gasteiger partial charge in [0.25, 0.3) is 0 Å². The van der Waals surface area contributed by atoms with Crippen LogP contribution in [0.25, 0.3) is 0 Å². The number of nitrogens with one attached hydrogen (secondary N) is 1. The zero-order chi connectivity index (χ0) is 23.6. The molecule has 1 fully saturated rings. The first-order valence-corrected chi connectivity index (χ1v) is 11.4. The zero-order valence-electron chi connectivity index (χ0n) is 18.4. The number of thiophene rings is 1. The number of benzene rings is 1. The lowest BCUT2D eigenvalue weighted by molar-refractivity contribution is -0.120. The van der Waals surface area contributed by atoms with Gasteiger partial charge in [0.15, 0.2) is 11.5 Å². The molecule has 1 aromatic heterocycles. The summed E-state index contributed by atoms with van der Waals surface area (Å²) in [6.45, 7) is 12.0. The quantitative estimate of drug-likeness (QED) is 0.470. The number of amides is 2. The molecule has 174 valence electrons. The second-order valence-corrected chi connectivity index (χ2v) is 8.31. The number of carbonyl (C=O) groups excluding carboxylic acids is 2. The summed E-state index contributed by atoms with van der Waals surface area (Å²) in [5, 5.41) is 4.89. The van der Waals surface area contributed by atoms with Crippen LogP contribution in [0.15, 0.2) is 73.7 Å². The fraction of sp³-hybridized carbons (Fsp3) is 0.280. The molecule has 2 amide bonds. The van der Waals surface area contributed by atoms with Gasteiger partial charge < -0.3 is 19.5 Å². The van der Waals surface area contributed by atoms with Crippen LogP contribution in [0.4, 0.5) is 10.5 Å². The van der Waals surface area contributed by atoms with Gasteiger partial charge in [-0.3, -0.25) is 9.69 Å². The lowest BCUT2D eigenvalue weighted by atomic mass is 10.0. The highest BCUT2D eigenvalue weighted by Gasteiger charge is 2.41. The van der Waals surface area contributed by atoms with E-state index in [1.165, 1.54) is 11.0 Å². The molecule has 0 radical (unpaired) electrons. The minimum atomic E-state index is -0.663. The second kappa shape index (κ2) is 11.9. The molecule has 1 aliphatic rings. The van der Waals surface area contributed by atoms with Gasteiger partial charge in [0.2, 0.25) is 5.91 Å². The van der Waals surface area contributed by atoms with E-state index < -0.39 is 12.1 Å². The molecule has 2 heterocycles. The topological polar surface area (TPSA) is 77.1 Å². The van der Waals surface area contributed by atoms with Crippen molar-refractivity contribution in [3.8, 4) is 11.5 Å². The normalized spacial score (nSPS) is 17.2. The Morgan fingerprint density at radius 2 is 1.79 bits per heavy atom. The Morgan fingerprint density at radius 1 is 1.06 bits per heavy atom. The summed E-state index contributed by atoms with van der Waals surface area (Å²) >= 11 is 1.61. The minimum absolute atomic E-state index is 0.0678. The number of hydrogen-bond acceptors (Lipinski definition) is 6. The van der Waals surface area contributed by atoms with Crippen molar-refractivity contribution in [2.24, 2.45) is 0 Å². The van der Waals surface area contributed by atoms with Crippen molar-refractivity contribution in [1.82, 2.24) is 4.90 Å². The van der Waals surface area contributed by atoms with Crippen LogP contribution >= 0.6 is 11.3 Å². The number of carbonyl (C=O) groups is 2. The first-order chi connectivity index (χ1) is 16.1. The molecule has 2 aromatic rings. The van der Waals surface area contributed by atoms with Gasteiger partial charge >= 0.3 is 6.09 Å². The van der Waals surface area contributed by atoms with Gasteiger partial charge in [0.05, 0.1) is 0 Å². The van der Waals surface area contributed by atoms with Crippen molar-refractivity contribution in [1.29, 1.82) is 0 Å². The Labute approximate surface area is 198 Å². The summed E-state index contributed by atoms with van der Waals surface area (Å²) in [7, 11) is 0. The van der Waals surface area contributed by atoms with Crippen LogP contribution in [0.5, 0.6) is 11.5 Å². The van der Waals surface area contributed by atoms with Gasteiger partial charge in [-0.2, -0.15) is 0 Å². The lowest BCUT2D eigenvalue weighted by Gasteiger charge is -2.23. The van der Waals surface area contributed by atoms with Crippen LogP contribution in [-0.2, 0) is 9.53 Å². The molecule has 3 rings (SSSR count). The van der Waals surface area contributed by atoms with Crippen LogP contribution in [0.1, 0.15) is 17.2 Å². The second-order valence-electron chi connectivity index (χ2n) is 7.33. The molecule has 1 N–H and O–H groups in total. The van der Waals surface area contributed by atoms with Crippen LogP contribution in [-0.4, -0.2) is 49.3 Å². The summed E-state index contributed by atoms with van der Waals surface area (Å²) in [6, 6.07) is 8.46. The number of ether oxygens (including phenoxy) is 3. The number of likely N-dealkylation sites (tertiary alicyclic amines) is 1. The largest absolute Gasteiger partial charge is 0.486 e. The summed E-state index contributed by atoms with van der Waals surface area (Å²) < 4.78 is 16.5. The highest BCUT2D eigenvalue weighted by Crippen LogP contribution is 2.36. The fourth-order valence-corrected chi connectivity index (χ4v) is 4.40. The van der Waals surface area contributed by atoms with E-state index >= 15 is 0 Å². The summed E-state index contributed by atoms with van der Waals surface area (Å²) in [4.78, 5) is 28.5. The van der Waals surface area contributed by atoms with E-state index in [0.29, 0.717) is 36.8 Å². The SMILES string of the molecule is C=CCOC(=O)N1CC(c2cccs2)CC1C(=O)Nc1ccc(OCC=C)c(OCC=C)c1. The van der Waals surface area contributed by atoms with E-state index in [1.807, 2.05) is 17.5 Å². The van der Waals surface area contributed by atoms with E-state index in [2.05, 4.69) is 25.1 Å². The fourth-order valence-electron chi connectivity index (χ4n) is 3.57. The maximum absolute atomic E-state index is 13.2. The molecular weight excluding hydrogens is 440 g/mol. The first kappa shape index (κ1) is 24.1. The van der Waals surface area contributed by atoms with E-state index in [4.69, 9.17) is 14.2 Å². The predicted molar refractivity (Wildman–Crippen MR) is 130 cm³/mol. The van der Waals surface area contributed by atoms with Crippen LogP contribution in [0.2, 0.25) is 0 Å². The van der Waals surface area contributed by atoms with Crippen LogP contribution in [0.3, 0.4) is 0 Å². The zero-order valence-corrected chi connectivity index (χ0v) is 19.2. The molecule has 2 unspecified atom stereocenters. The molecule has 7 nitrogen and oxygen atoms in total. The average molecular weight is 469 g/mol. The molecule has 0 spiro atoms. The molecule has 1 aromatic carbocycles. The third-order valence-corrected chi connectivity index (χ3v) is 6.07. The van der Waals surface area contributed by atoms with Crippen LogP contribution < -0.4 is 14.8 Å². The van der Waals surface area contributed by atoms with Gasteiger partial charge in [0, 0.05) is 29.1 Å². The molecule has 1 saturated heterocycles. The molecule has 8 heteroatoms. The van der Waals surface area contributed by atoms with Crippen molar-refractivity contribution in [3.63, 3.8) is 0 Å². The van der Waals surface area contributed by atoms with Gasteiger partial charge in [-0.15, -0.1) is 11.3 Å². The van der Waals surface area contributed by atoms with Crippen molar-refractivity contribution in [2.45, 2.75) is 18.4 Å². The summed E-state index contributed by atoms with van der Waals surface area (Å²) in [5.41, 5.74) is 0.531. The molecule has 33 heavy (non-hydrogen) atoms. The van der Waals surface area contributed by atoms with E-state index in [1.54, 1.807) is 41.7 Å². The smallest absolute Gasteiger partial charge is 0.410 e. The highest BCUT2D eigenvalue weighted by atomic mass is 32.1. The third kappa shape index (κ3) is 6.26. The Hall–Kier alpha value is -3.52. The van der Waals surface area contributed by atoms with Crippen molar-refractivity contribution >= 4 is 29.0 Å². The first-order valence-electron chi connectivity index (χ1n) is 10.6. The lowest BCUT2D eigenvalue weighted by Crippen LogP contribution is -2.43. The molecule has 0 aliphatic carbocycles. The van der Waals surface area contributed by atoms with Gasteiger partial charge in [-0.05, 0) is 30.0 Å². The molecular formula is C25H28N2O5S. The van der Waals surface area contributed by atoms with E-state index in [-0.39, 0.29) is 25.0 Å². The number of rotatable bonds is 11. The molecule has 0 saturated carbocycles. The highest BCUT2D eigenvalue weighted by molar-refractivity contribution is 7.10. The Balaban J connectivity index is 1.77. The number of nitrogens with zero attached hydrogens (tertiary/aromatic N) is 1. The van der Waals surface area contributed by atoms with Crippen molar-refractivity contribution < 1.29 is 23.8 Å². The Bertz CT molecular complexity index is 989.